The van der Waals surface area contributed by atoms with Crippen LogP contribution in [0.15, 0.2) is 0 Å². The lowest BCUT2D eigenvalue weighted by atomic mass is 9.99. The summed E-state index contributed by atoms with van der Waals surface area (Å²) in [5, 5.41) is 0. The second-order valence-electron chi connectivity index (χ2n) is 4.70. The van der Waals surface area contributed by atoms with Crippen molar-refractivity contribution >= 4 is 6.29 Å². The summed E-state index contributed by atoms with van der Waals surface area (Å²) >= 11 is 0. The van der Waals surface area contributed by atoms with Crippen molar-refractivity contribution in [3.05, 3.63) is 0 Å². The molecule has 1 saturated heterocycles. The van der Waals surface area contributed by atoms with E-state index in [1.807, 2.05) is 0 Å². The third-order valence-electron chi connectivity index (χ3n) is 3.36. The molecule has 0 aromatic carbocycles. The van der Waals surface area contributed by atoms with Crippen LogP contribution in [0.3, 0.4) is 0 Å². The molecular formula is C12H24N2O. The van der Waals surface area contributed by atoms with E-state index in [0.717, 1.165) is 39.0 Å². The van der Waals surface area contributed by atoms with E-state index >= 15 is 0 Å². The van der Waals surface area contributed by atoms with Crippen molar-refractivity contribution in [3.63, 3.8) is 0 Å². The lowest BCUT2D eigenvalue weighted by molar-refractivity contribution is -0.108. The predicted molar refractivity (Wildman–Crippen MR) is 63.0 cm³/mol. The van der Waals surface area contributed by atoms with Gasteiger partial charge in [-0.25, -0.2) is 0 Å². The van der Waals surface area contributed by atoms with E-state index in [1.54, 1.807) is 0 Å². The molecule has 1 unspecified atom stereocenters. The lowest BCUT2D eigenvalue weighted by Crippen LogP contribution is -2.55. The van der Waals surface area contributed by atoms with Crippen LogP contribution in [0.1, 0.15) is 27.2 Å². The highest BCUT2D eigenvalue weighted by Crippen LogP contribution is 2.16. The average Bonchev–Trinajstić information content (AvgIpc) is 2.25. The standard InChI is InChI=1S/C12H24N2O/c1-4-14-8-7-13(6-5-9-15)10-12(14)11(2)3/h9,11-12H,4-8,10H2,1-3H3. The van der Waals surface area contributed by atoms with Crippen molar-refractivity contribution in [1.82, 2.24) is 9.80 Å². The lowest BCUT2D eigenvalue weighted by Gasteiger charge is -2.43. The quantitative estimate of drug-likeness (QED) is 0.641. The summed E-state index contributed by atoms with van der Waals surface area (Å²) in [6.07, 6.45) is 1.70. The SMILES string of the molecule is CCN1CCN(CCC=O)CC1C(C)C. The van der Waals surface area contributed by atoms with Crippen molar-refractivity contribution in [2.24, 2.45) is 5.92 Å². The van der Waals surface area contributed by atoms with Crippen molar-refractivity contribution < 1.29 is 4.79 Å². The molecular weight excluding hydrogens is 188 g/mol. The van der Waals surface area contributed by atoms with Gasteiger partial charge in [0.15, 0.2) is 0 Å². The summed E-state index contributed by atoms with van der Waals surface area (Å²) in [6, 6.07) is 0.662. The molecule has 3 heteroatoms. The van der Waals surface area contributed by atoms with Gasteiger partial charge < -0.3 is 9.69 Å². The number of aldehydes is 1. The first-order valence-corrected chi connectivity index (χ1v) is 6.09. The molecule has 1 aliphatic heterocycles. The molecule has 0 radical (unpaired) electrons. The van der Waals surface area contributed by atoms with Crippen LogP contribution in [-0.4, -0.2) is 54.9 Å². The maximum Gasteiger partial charge on any atom is 0.121 e. The molecule has 15 heavy (non-hydrogen) atoms. The van der Waals surface area contributed by atoms with Crippen molar-refractivity contribution in [2.75, 3.05) is 32.7 Å². The molecule has 0 aromatic rings. The van der Waals surface area contributed by atoms with Gasteiger partial charge in [0, 0.05) is 38.6 Å². The van der Waals surface area contributed by atoms with Gasteiger partial charge in [0.2, 0.25) is 0 Å². The van der Waals surface area contributed by atoms with Crippen molar-refractivity contribution in [3.8, 4) is 0 Å². The summed E-state index contributed by atoms with van der Waals surface area (Å²) in [5.74, 6) is 0.698. The molecule has 0 amide bonds. The van der Waals surface area contributed by atoms with Crippen LogP contribution in [0.25, 0.3) is 0 Å². The maximum absolute atomic E-state index is 10.3. The predicted octanol–water partition coefficient (Wildman–Crippen LogP) is 1.24. The molecule has 0 aliphatic carbocycles. The van der Waals surface area contributed by atoms with Crippen molar-refractivity contribution in [1.29, 1.82) is 0 Å². The number of carbonyl (C=O) groups is 1. The van der Waals surface area contributed by atoms with Crippen molar-refractivity contribution in [2.45, 2.75) is 33.2 Å². The third kappa shape index (κ3) is 3.58. The van der Waals surface area contributed by atoms with E-state index in [2.05, 4.69) is 30.6 Å². The fourth-order valence-electron chi connectivity index (χ4n) is 2.37. The molecule has 0 saturated carbocycles. The summed E-state index contributed by atoms with van der Waals surface area (Å²) in [5.41, 5.74) is 0. The zero-order valence-electron chi connectivity index (χ0n) is 10.3. The van der Waals surface area contributed by atoms with Crippen LogP contribution >= 0.6 is 0 Å². The van der Waals surface area contributed by atoms with Gasteiger partial charge in [-0.15, -0.1) is 0 Å². The minimum absolute atomic E-state index is 0.662. The van der Waals surface area contributed by atoms with Gasteiger partial charge in [0.05, 0.1) is 0 Å². The zero-order chi connectivity index (χ0) is 11.3. The summed E-state index contributed by atoms with van der Waals surface area (Å²) < 4.78 is 0. The fraction of sp³-hybridized carbons (Fsp3) is 0.917. The maximum atomic E-state index is 10.3. The Morgan fingerprint density at radius 1 is 1.40 bits per heavy atom. The van der Waals surface area contributed by atoms with Gasteiger partial charge in [0.25, 0.3) is 0 Å². The molecule has 1 aliphatic rings. The Bertz CT molecular complexity index is 194. The summed E-state index contributed by atoms with van der Waals surface area (Å²) in [7, 11) is 0. The van der Waals surface area contributed by atoms with E-state index in [9.17, 15) is 4.79 Å². The molecule has 0 aromatic heterocycles. The second-order valence-corrected chi connectivity index (χ2v) is 4.70. The number of likely N-dealkylation sites (N-methyl/N-ethyl adjacent to an activating group) is 1. The topological polar surface area (TPSA) is 23.6 Å². The summed E-state index contributed by atoms with van der Waals surface area (Å²) in [4.78, 5) is 15.3. The van der Waals surface area contributed by atoms with Crippen LogP contribution in [0.2, 0.25) is 0 Å². The first kappa shape index (κ1) is 12.7. The Kier molecular flexibility index (Phi) is 5.26. The Labute approximate surface area is 93.4 Å². The monoisotopic (exact) mass is 212 g/mol. The minimum Gasteiger partial charge on any atom is -0.303 e. The van der Waals surface area contributed by atoms with Crippen LogP contribution < -0.4 is 0 Å². The molecule has 0 bridgehead atoms. The second kappa shape index (κ2) is 6.23. The van der Waals surface area contributed by atoms with Crippen LogP contribution in [-0.2, 0) is 4.79 Å². The van der Waals surface area contributed by atoms with Crippen LogP contribution in [0.5, 0.6) is 0 Å². The third-order valence-corrected chi connectivity index (χ3v) is 3.36. The Balaban J connectivity index is 2.46. The van der Waals surface area contributed by atoms with Gasteiger partial charge in [-0.2, -0.15) is 0 Å². The highest BCUT2D eigenvalue weighted by Gasteiger charge is 2.27. The van der Waals surface area contributed by atoms with E-state index < -0.39 is 0 Å². The number of hydrogen-bond acceptors (Lipinski definition) is 3. The smallest absolute Gasteiger partial charge is 0.121 e. The molecule has 3 nitrogen and oxygen atoms in total. The van der Waals surface area contributed by atoms with Gasteiger partial charge in [-0.1, -0.05) is 20.8 Å². The van der Waals surface area contributed by atoms with Gasteiger partial charge in [-0.3, -0.25) is 4.90 Å². The van der Waals surface area contributed by atoms with Gasteiger partial charge in [0.1, 0.15) is 6.29 Å². The Morgan fingerprint density at radius 3 is 2.67 bits per heavy atom. The fourth-order valence-corrected chi connectivity index (χ4v) is 2.37. The van der Waals surface area contributed by atoms with Gasteiger partial charge >= 0.3 is 0 Å². The molecule has 1 fully saturated rings. The first-order chi connectivity index (χ1) is 7.19. The van der Waals surface area contributed by atoms with E-state index in [-0.39, 0.29) is 0 Å². The number of nitrogens with zero attached hydrogens (tertiary/aromatic N) is 2. The Hall–Kier alpha value is -0.410. The van der Waals surface area contributed by atoms with E-state index in [1.165, 1.54) is 0 Å². The number of carbonyl (C=O) groups excluding carboxylic acids is 1. The molecule has 1 rings (SSSR count). The highest BCUT2D eigenvalue weighted by molar-refractivity contribution is 5.49. The number of piperazine rings is 1. The zero-order valence-corrected chi connectivity index (χ0v) is 10.3. The average molecular weight is 212 g/mol. The first-order valence-electron chi connectivity index (χ1n) is 6.09. The van der Waals surface area contributed by atoms with Crippen LogP contribution in [0, 0.1) is 5.92 Å². The van der Waals surface area contributed by atoms with E-state index in [0.29, 0.717) is 18.4 Å². The van der Waals surface area contributed by atoms with E-state index in [4.69, 9.17) is 0 Å². The highest BCUT2D eigenvalue weighted by atomic mass is 16.1. The molecule has 1 heterocycles. The number of hydrogen-bond donors (Lipinski definition) is 0. The molecule has 1 atom stereocenters. The minimum atomic E-state index is 0.662. The molecule has 0 N–H and O–H groups in total. The normalized spacial score (nSPS) is 24.7. The molecule has 0 spiro atoms. The largest absolute Gasteiger partial charge is 0.303 e. The van der Waals surface area contributed by atoms with Gasteiger partial charge in [-0.05, 0) is 12.5 Å². The molecule has 88 valence electrons. The number of rotatable bonds is 5. The summed E-state index contributed by atoms with van der Waals surface area (Å²) in [6.45, 7) is 12.3. The van der Waals surface area contributed by atoms with Crippen LogP contribution in [0.4, 0.5) is 0 Å². The Morgan fingerprint density at radius 2 is 2.13 bits per heavy atom.